The van der Waals surface area contributed by atoms with Crippen molar-refractivity contribution in [3.05, 3.63) is 59.4 Å². The molecule has 1 fully saturated rings. The number of anilines is 1. The van der Waals surface area contributed by atoms with Gasteiger partial charge in [0.05, 0.1) is 6.04 Å². The van der Waals surface area contributed by atoms with Crippen LogP contribution in [-0.4, -0.2) is 42.1 Å². The minimum atomic E-state index is -0.0357. The Balaban J connectivity index is 1.53. The van der Waals surface area contributed by atoms with Gasteiger partial charge in [0.25, 0.3) is 0 Å². The molecular formula is C18H21ClN4O. The standard InChI is InChI=1S/C18H21ClN4O/c1-14(15-5-7-20-8-6-15)21-18(24)23-11-9-22(10-12-23)17-4-2-3-16(19)13-17/h2-8,13-14H,9-12H2,1H3,(H,21,24). The minimum Gasteiger partial charge on any atom is -0.368 e. The maximum Gasteiger partial charge on any atom is 0.317 e. The summed E-state index contributed by atoms with van der Waals surface area (Å²) in [6.07, 6.45) is 3.48. The van der Waals surface area contributed by atoms with Gasteiger partial charge in [-0.1, -0.05) is 17.7 Å². The number of halogens is 1. The first-order chi connectivity index (χ1) is 11.6. The van der Waals surface area contributed by atoms with Crippen molar-refractivity contribution < 1.29 is 4.79 Å². The molecule has 1 saturated heterocycles. The normalized spacial score (nSPS) is 15.9. The summed E-state index contributed by atoms with van der Waals surface area (Å²) in [6, 6.07) is 11.6. The maximum atomic E-state index is 12.4. The molecule has 0 bridgehead atoms. The van der Waals surface area contributed by atoms with Crippen LogP contribution in [0.3, 0.4) is 0 Å². The molecule has 1 aliphatic rings. The van der Waals surface area contributed by atoms with Gasteiger partial charge >= 0.3 is 6.03 Å². The SMILES string of the molecule is CC(NC(=O)N1CCN(c2cccc(Cl)c2)CC1)c1ccncc1. The summed E-state index contributed by atoms with van der Waals surface area (Å²) in [5.41, 5.74) is 2.16. The van der Waals surface area contributed by atoms with Crippen molar-refractivity contribution in [2.75, 3.05) is 31.1 Å². The van der Waals surface area contributed by atoms with E-state index in [-0.39, 0.29) is 12.1 Å². The second-order valence-corrected chi connectivity index (χ2v) is 6.34. The topological polar surface area (TPSA) is 48.5 Å². The average molecular weight is 345 g/mol. The van der Waals surface area contributed by atoms with E-state index in [1.807, 2.05) is 48.2 Å². The zero-order valence-electron chi connectivity index (χ0n) is 13.7. The maximum absolute atomic E-state index is 12.4. The van der Waals surface area contributed by atoms with Crippen LogP contribution in [0.2, 0.25) is 5.02 Å². The highest BCUT2D eigenvalue weighted by atomic mass is 35.5. The van der Waals surface area contributed by atoms with E-state index in [2.05, 4.69) is 15.2 Å². The summed E-state index contributed by atoms with van der Waals surface area (Å²) in [7, 11) is 0. The predicted molar refractivity (Wildman–Crippen MR) is 96.4 cm³/mol. The van der Waals surface area contributed by atoms with Crippen molar-refractivity contribution in [1.29, 1.82) is 0 Å². The van der Waals surface area contributed by atoms with Gasteiger partial charge in [-0.3, -0.25) is 4.98 Å². The number of carbonyl (C=O) groups is 1. The van der Waals surface area contributed by atoms with E-state index in [1.54, 1.807) is 12.4 Å². The monoisotopic (exact) mass is 344 g/mol. The fourth-order valence-corrected chi connectivity index (χ4v) is 3.04. The van der Waals surface area contributed by atoms with Crippen molar-refractivity contribution in [2.45, 2.75) is 13.0 Å². The van der Waals surface area contributed by atoms with Crippen LogP contribution >= 0.6 is 11.6 Å². The molecule has 1 atom stereocenters. The Labute approximate surface area is 147 Å². The summed E-state index contributed by atoms with van der Waals surface area (Å²) in [5.74, 6) is 0. The number of carbonyl (C=O) groups excluding carboxylic acids is 1. The Morgan fingerprint density at radius 3 is 2.54 bits per heavy atom. The Morgan fingerprint density at radius 1 is 1.17 bits per heavy atom. The van der Waals surface area contributed by atoms with E-state index < -0.39 is 0 Å². The molecule has 1 aromatic heterocycles. The Morgan fingerprint density at radius 2 is 1.88 bits per heavy atom. The molecule has 0 saturated carbocycles. The van der Waals surface area contributed by atoms with Gasteiger partial charge in [-0.15, -0.1) is 0 Å². The van der Waals surface area contributed by atoms with E-state index >= 15 is 0 Å². The molecule has 2 heterocycles. The quantitative estimate of drug-likeness (QED) is 0.929. The Hall–Kier alpha value is -2.27. The van der Waals surface area contributed by atoms with Crippen LogP contribution in [0.15, 0.2) is 48.8 Å². The molecule has 2 aromatic rings. The van der Waals surface area contributed by atoms with Crippen LogP contribution in [0.4, 0.5) is 10.5 Å². The van der Waals surface area contributed by atoms with Crippen molar-refractivity contribution >= 4 is 23.3 Å². The lowest BCUT2D eigenvalue weighted by Crippen LogP contribution is -2.52. The van der Waals surface area contributed by atoms with Crippen molar-refractivity contribution in [3.63, 3.8) is 0 Å². The van der Waals surface area contributed by atoms with Crippen LogP contribution in [-0.2, 0) is 0 Å². The van der Waals surface area contributed by atoms with Gasteiger partial charge in [0.1, 0.15) is 0 Å². The second kappa shape index (κ2) is 7.53. The first kappa shape index (κ1) is 16.6. The lowest BCUT2D eigenvalue weighted by molar-refractivity contribution is 0.191. The molecule has 24 heavy (non-hydrogen) atoms. The number of hydrogen-bond donors (Lipinski definition) is 1. The molecule has 0 aliphatic carbocycles. The van der Waals surface area contributed by atoms with Gasteiger partial charge in [0, 0.05) is 49.3 Å². The first-order valence-corrected chi connectivity index (χ1v) is 8.47. The number of hydrogen-bond acceptors (Lipinski definition) is 3. The second-order valence-electron chi connectivity index (χ2n) is 5.91. The molecule has 126 valence electrons. The van der Waals surface area contributed by atoms with Crippen molar-refractivity contribution in [1.82, 2.24) is 15.2 Å². The summed E-state index contributed by atoms with van der Waals surface area (Å²) in [4.78, 5) is 20.6. The lowest BCUT2D eigenvalue weighted by Gasteiger charge is -2.36. The van der Waals surface area contributed by atoms with Crippen LogP contribution in [0.5, 0.6) is 0 Å². The highest BCUT2D eigenvalue weighted by Crippen LogP contribution is 2.21. The summed E-state index contributed by atoms with van der Waals surface area (Å²) in [6.45, 7) is 4.98. The molecule has 6 heteroatoms. The molecule has 1 aromatic carbocycles. The first-order valence-electron chi connectivity index (χ1n) is 8.09. The highest BCUT2D eigenvalue weighted by Gasteiger charge is 2.22. The number of piperazine rings is 1. The molecule has 2 amide bonds. The third-order valence-corrected chi connectivity index (χ3v) is 4.52. The molecule has 0 spiro atoms. The number of amides is 2. The molecule has 1 N–H and O–H groups in total. The number of benzene rings is 1. The molecule has 0 radical (unpaired) electrons. The van der Waals surface area contributed by atoms with E-state index in [0.29, 0.717) is 13.1 Å². The number of urea groups is 1. The van der Waals surface area contributed by atoms with Crippen molar-refractivity contribution in [3.8, 4) is 0 Å². The van der Waals surface area contributed by atoms with Crippen LogP contribution < -0.4 is 10.2 Å². The van der Waals surface area contributed by atoms with Gasteiger partial charge in [-0.05, 0) is 42.8 Å². The Bertz CT molecular complexity index is 686. The fourth-order valence-electron chi connectivity index (χ4n) is 2.85. The molecule has 1 unspecified atom stereocenters. The van der Waals surface area contributed by atoms with Gasteiger partial charge in [0.2, 0.25) is 0 Å². The Kier molecular flexibility index (Phi) is 5.20. The molecule has 3 rings (SSSR count). The third kappa shape index (κ3) is 3.97. The van der Waals surface area contributed by atoms with Gasteiger partial charge in [-0.2, -0.15) is 0 Å². The van der Waals surface area contributed by atoms with Crippen LogP contribution in [0, 0.1) is 0 Å². The van der Waals surface area contributed by atoms with E-state index in [1.165, 1.54) is 0 Å². The van der Waals surface area contributed by atoms with E-state index in [0.717, 1.165) is 29.4 Å². The highest BCUT2D eigenvalue weighted by molar-refractivity contribution is 6.30. The zero-order valence-corrected chi connectivity index (χ0v) is 14.4. The number of aromatic nitrogens is 1. The van der Waals surface area contributed by atoms with E-state index in [4.69, 9.17) is 11.6 Å². The number of pyridine rings is 1. The largest absolute Gasteiger partial charge is 0.368 e. The fraction of sp³-hybridized carbons (Fsp3) is 0.333. The summed E-state index contributed by atoms with van der Waals surface area (Å²) < 4.78 is 0. The van der Waals surface area contributed by atoms with Gasteiger partial charge in [-0.25, -0.2) is 4.79 Å². The molecular weight excluding hydrogens is 324 g/mol. The van der Waals surface area contributed by atoms with Gasteiger partial charge in [0.15, 0.2) is 0 Å². The lowest BCUT2D eigenvalue weighted by atomic mass is 10.1. The van der Waals surface area contributed by atoms with Crippen LogP contribution in [0.25, 0.3) is 0 Å². The minimum absolute atomic E-state index is 0.0231. The number of rotatable bonds is 3. The number of nitrogens with zero attached hydrogens (tertiary/aromatic N) is 3. The van der Waals surface area contributed by atoms with Gasteiger partial charge < -0.3 is 15.1 Å². The summed E-state index contributed by atoms with van der Waals surface area (Å²) >= 11 is 6.05. The summed E-state index contributed by atoms with van der Waals surface area (Å²) in [5, 5.41) is 3.78. The predicted octanol–water partition coefficient (Wildman–Crippen LogP) is 3.33. The molecule has 1 aliphatic heterocycles. The van der Waals surface area contributed by atoms with E-state index in [9.17, 15) is 4.79 Å². The number of nitrogens with one attached hydrogen (secondary N) is 1. The zero-order chi connectivity index (χ0) is 16.9. The van der Waals surface area contributed by atoms with Crippen LogP contribution in [0.1, 0.15) is 18.5 Å². The smallest absolute Gasteiger partial charge is 0.317 e. The molecule has 5 nitrogen and oxygen atoms in total. The van der Waals surface area contributed by atoms with Crippen molar-refractivity contribution in [2.24, 2.45) is 0 Å². The third-order valence-electron chi connectivity index (χ3n) is 4.29. The average Bonchev–Trinajstić information content (AvgIpc) is 2.62.